The Morgan fingerprint density at radius 3 is 2.88 bits per heavy atom. The fourth-order valence-corrected chi connectivity index (χ4v) is 1.53. The van der Waals surface area contributed by atoms with Crippen LogP contribution < -0.4 is 5.32 Å². The highest BCUT2D eigenvalue weighted by molar-refractivity contribution is 5.37. The van der Waals surface area contributed by atoms with Crippen molar-refractivity contribution in [2.24, 2.45) is 0 Å². The van der Waals surface area contributed by atoms with Crippen LogP contribution in [0.4, 0.5) is 0 Å². The quantitative estimate of drug-likeness (QED) is 0.716. The zero-order valence-corrected chi connectivity index (χ0v) is 9.61. The Bertz CT molecular complexity index is 355. The van der Waals surface area contributed by atoms with Crippen LogP contribution in [0.3, 0.4) is 0 Å². The molecule has 1 rings (SSSR count). The predicted molar refractivity (Wildman–Crippen MR) is 63.8 cm³/mol. The summed E-state index contributed by atoms with van der Waals surface area (Å²) >= 11 is 0. The van der Waals surface area contributed by atoms with E-state index in [1.807, 2.05) is 24.3 Å². The molecule has 1 unspecified atom stereocenters. The van der Waals surface area contributed by atoms with Crippen molar-refractivity contribution in [1.82, 2.24) is 5.32 Å². The van der Waals surface area contributed by atoms with Gasteiger partial charge in [-0.2, -0.15) is 5.26 Å². The Kier molecular flexibility index (Phi) is 5.55. The second-order valence-corrected chi connectivity index (χ2v) is 3.94. The molecule has 0 saturated heterocycles. The van der Waals surface area contributed by atoms with Crippen LogP contribution in [0.2, 0.25) is 0 Å². The largest absolute Gasteiger partial charge is 0.393 e. The summed E-state index contributed by atoms with van der Waals surface area (Å²) in [5, 5.41) is 21.2. The third kappa shape index (κ3) is 4.43. The molecule has 16 heavy (non-hydrogen) atoms. The number of nitrogens with zero attached hydrogens (tertiary/aromatic N) is 1. The first-order valence-corrected chi connectivity index (χ1v) is 5.61. The van der Waals surface area contributed by atoms with E-state index < -0.39 is 0 Å². The third-order valence-electron chi connectivity index (χ3n) is 2.43. The molecule has 0 aliphatic carbocycles. The van der Waals surface area contributed by atoms with Crippen molar-refractivity contribution in [3.63, 3.8) is 0 Å². The molecule has 0 radical (unpaired) electrons. The van der Waals surface area contributed by atoms with E-state index in [4.69, 9.17) is 10.4 Å². The standard InChI is InChI=1S/C13H18N2O/c1-11(16)5-4-8-15-10-13-7-3-2-6-12(13)9-14/h2-3,6-7,11,15-16H,4-5,8,10H2,1H3. The van der Waals surface area contributed by atoms with E-state index in [2.05, 4.69) is 11.4 Å². The zero-order valence-electron chi connectivity index (χ0n) is 9.61. The number of benzene rings is 1. The summed E-state index contributed by atoms with van der Waals surface area (Å²) in [6.07, 6.45) is 1.53. The fourth-order valence-electron chi connectivity index (χ4n) is 1.53. The Morgan fingerprint density at radius 1 is 1.44 bits per heavy atom. The average molecular weight is 218 g/mol. The number of nitrogens with one attached hydrogen (secondary N) is 1. The van der Waals surface area contributed by atoms with Gasteiger partial charge < -0.3 is 10.4 Å². The van der Waals surface area contributed by atoms with Crippen LogP contribution in [-0.2, 0) is 6.54 Å². The molecule has 0 bridgehead atoms. The minimum atomic E-state index is -0.229. The van der Waals surface area contributed by atoms with Crippen LogP contribution in [0.25, 0.3) is 0 Å². The number of nitriles is 1. The molecule has 0 spiro atoms. The van der Waals surface area contributed by atoms with Gasteiger partial charge in [-0.15, -0.1) is 0 Å². The minimum Gasteiger partial charge on any atom is -0.393 e. The topological polar surface area (TPSA) is 56.0 Å². The molecule has 0 saturated carbocycles. The van der Waals surface area contributed by atoms with Gasteiger partial charge in [0.25, 0.3) is 0 Å². The van der Waals surface area contributed by atoms with Gasteiger partial charge in [-0.3, -0.25) is 0 Å². The van der Waals surface area contributed by atoms with Crippen molar-refractivity contribution >= 4 is 0 Å². The molecule has 3 nitrogen and oxygen atoms in total. The van der Waals surface area contributed by atoms with E-state index in [-0.39, 0.29) is 6.10 Å². The van der Waals surface area contributed by atoms with Crippen molar-refractivity contribution in [2.75, 3.05) is 6.54 Å². The minimum absolute atomic E-state index is 0.229. The van der Waals surface area contributed by atoms with Gasteiger partial charge in [0.05, 0.1) is 17.7 Å². The van der Waals surface area contributed by atoms with E-state index in [1.54, 1.807) is 6.92 Å². The highest BCUT2D eigenvalue weighted by Crippen LogP contribution is 2.06. The van der Waals surface area contributed by atoms with Crippen LogP contribution in [0.5, 0.6) is 0 Å². The Morgan fingerprint density at radius 2 is 2.19 bits per heavy atom. The highest BCUT2D eigenvalue weighted by Gasteiger charge is 2.00. The lowest BCUT2D eigenvalue weighted by Crippen LogP contribution is -2.16. The maximum atomic E-state index is 9.08. The Balaban J connectivity index is 2.30. The first kappa shape index (κ1) is 12.7. The molecule has 0 fully saturated rings. The van der Waals surface area contributed by atoms with Gasteiger partial charge in [-0.25, -0.2) is 0 Å². The maximum absolute atomic E-state index is 9.08. The summed E-state index contributed by atoms with van der Waals surface area (Å²) in [5.41, 5.74) is 1.76. The molecule has 86 valence electrons. The molecule has 0 amide bonds. The fraction of sp³-hybridized carbons (Fsp3) is 0.462. The Hall–Kier alpha value is -1.37. The van der Waals surface area contributed by atoms with Crippen LogP contribution in [0.1, 0.15) is 30.9 Å². The van der Waals surface area contributed by atoms with Crippen molar-refractivity contribution in [3.05, 3.63) is 35.4 Å². The maximum Gasteiger partial charge on any atom is 0.0995 e. The van der Waals surface area contributed by atoms with Crippen molar-refractivity contribution in [3.8, 4) is 6.07 Å². The molecule has 0 aromatic heterocycles. The average Bonchev–Trinajstić information content (AvgIpc) is 2.29. The number of rotatable bonds is 6. The summed E-state index contributed by atoms with van der Waals surface area (Å²) in [4.78, 5) is 0. The highest BCUT2D eigenvalue weighted by atomic mass is 16.3. The summed E-state index contributed by atoms with van der Waals surface area (Å²) in [6, 6.07) is 9.77. The summed E-state index contributed by atoms with van der Waals surface area (Å²) in [5.74, 6) is 0. The molecule has 3 heteroatoms. The lowest BCUT2D eigenvalue weighted by molar-refractivity contribution is 0.181. The van der Waals surface area contributed by atoms with E-state index in [1.165, 1.54) is 0 Å². The molecule has 2 N–H and O–H groups in total. The van der Waals surface area contributed by atoms with Gasteiger partial charge >= 0.3 is 0 Å². The van der Waals surface area contributed by atoms with E-state index >= 15 is 0 Å². The van der Waals surface area contributed by atoms with Gasteiger partial charge in [0.2, 0.25) is 0 Å². The van der Waals surface area contributed by atoms with Crippen molar-refractivity contribution < 1.29 is 5.11 Å². The van der Waals surface area contributed by atoms with E-state index in [0.717, 1.165) is 30.5 Å². The predicted octanol–water partition coefficient (Wildman–Crippen LogP) is 1.81. The van der Waals surface area contributed by atoms with Crippen LogP contribution in [-0.4, -0.2) is 17.8 Å². The van der Waals surface area contributed by atoms with Crippen molar-refractivity contribution in [1.29, 1.82) is 5.26 Å². The number of aliphatic hydroxyl groups excluding tert-OH is 1. The lowest BCUT2D eigenvalue weighted by atomic mass is 10.1. The summed E-state index contributed by atoms with van der Waals surface area (Å²) in [7, 11) is 0. The molecule has 1 atom stereocenters. The second kappa shape index (κ2) is 7.00. The molecule has 1 aromatic carbocycles. The summed E-state index contributed by atoms with van der Waals surface area (Å²) in [6.45, 7) is 3.37. The molecular weight excluding hydrogens is 200 g/mol. The Labute approximate surface area is 96.7 Å². The first-order chi connectivity index (χ1) is 7.74. The first-order valence-electron chi connectivity index (χ1n) is 5.61. The van der Waals surface area contributed by atoms with E-state index in [9.17, 15) is 0 Å². The second-order valence-electron chi connectivity index (χ2n) is 3.94. The van der Waals surface area contributed by atoms with Gasteiger partial charge in [-0.1, -0.05) is 18.2 Å². The van der Waals surface area contributed by atoms with Gasteiger partial charge in [0.15, 0.2) is 0 Å². The number of hydrogen-bond donors (Lipinski definition) is 2. The van der Waals surface area contributed by atoms with E-state index in [0.29, 0.717) is 6.54 Å². The van der Waals surface area contributed by atoms with Crippen LogP contribution in [0.15, 0.2) is 24.3 Å². The third-order valence-corrected chi connectivity index (χ3v) is 2.43. The summed E-state index contributed by atoms with van der Waals surface area (Å²) < 4.78 is 0. The molecular formula is C13H18N2O. The molecule has 0 heterocycles. The number of aliphatic hydroxyl groups is 1. The van der Waals surface area contributed by atoms with Gasteiger partial charge in [-0.05, 0) is 37.9 Å². The SMILES string of the molecule is CC(O)CCCNCc1ccccc1C#N. The molecule has 0 aliphatic heterocycles. The van der Waals surface area contributed by atoms with Crippen LogP contribution in [0, 0.1) is 11.3 Å². The van der Waals surface area contributed by atoms with Crippen LogP contribution >= 0.6 is 0 Å². The number of hydrogen-bond acceptors (Lipinski definition) is 3. The smallest absolute Gasteiger partial charge is 0.0995 e. The van der Waals surface area contributed by atoms with Gasteiger partial charge in [0.1, 0.15) is 0 Å². The molecule has 0 aliphatic rings. The van der Waals surface area contributed by atoms with Crippen molar-refractivity contribution in [2.45, 2.75) is 32.4 Å². The lowest BCUT2D eigenvalue weighted by Gasteiger charge is -2.07. The van der Waals surface area contributed by atoms with Gasteiger partial charge in [0, 0.05) is 6.54 Å². The normalized spacial score (nSPS) is 12.1. The zero-order chi connectivity index (χ0) is 11.8. The molecule has 1 aromatic rings. The monoisotopic (exact) mass is 218 g/mol.